The van der Waals surface area contributed by atoms with Crippen molar-refractivity contribution in [2.75, 3.05) is 25.0 Å². The van der Waals surface area contributed by atoms with Crippen molar-refractivity contribution < 1.29 is 18.7 Å². The Hall–Kier alpha value is -2.51. The van der Waals surface area contributed by atoms with E-state index in [2.05, 4.69) is 5.32 Å². The summed E-state index contributed by atoms with van der Waals surface area (Å²) in [6.45, 7) is 3.42. The topological polar surface area (TPSA) is 97.8 Å². The third kappa shape index (κ3) is 5.74. The van der Waals surface area contributed by atoms with Crippen molar-refractivity contribution in [2.45, 2.75) is 25.8 Å². The molecule has 1 aromatic carbocycles. The van der Waals surface area contributed by atoms with E-state index in [4.69, 9.17) is 14.9 Å². The van der Waals surface area contributed by atoms with Gasteiger partial charge in [-0.15, -0.1) is 12.4 Å². The number of likely N-dealkylation sites (tertiary alicyclic amines) is 1. The molecule has 28 heavy (non-hydrogen) atoms. The van der Waals surface area contributed by atoms with Gasteiger partial charge in [0.2, 0.25) is 0 Å². The summed E-state index contributed by atoms with van der Waals surface area (Å²) < 4.78 is 10.7. The molecule has 1 saturated heterocycles. The van der Waals surface area contributed by atoms with Gasteiger partial charge in [0.15, 0.2) is 12.4 Å². The van der Waals surface area contributed by atoms with Gasteiger partial charge in [0, 0.05) is 30.9 Å². The number of piperidine rings is 1. The average Bonchev–Trinajstić information content (AvgIpc) is 3.21. The molecule has 152 valence electrons. The van der Waals surface area contributed by atoms with Crippen LogP contribution in [0.5, 0.6) is 5.75 Å². The zero-order valence-corrected chi connectivity index (χ0v) is 16.6. The summed E-state index contributed by atoms with van der Waals surface area (Å²) in [6, 6.07) is 10.3. The number of nitrogens with two attached hydrogens (primary N) is 1. The maximum atomic E-state index is 12.4. The number of anilines is 1. The predicted octanol–water partition coefficient (Wildman–Crippen LogP) is 2.92. The van der Waals surface area contributed by atoms with Gasteiger partial charge in [0.1, 0.15) is 5.75 Å². The van der Waals surface area contributed by atoms with Crippen molar-refractivity contribution in [3.05, 3.63) is 48.4 Å². The Bertz CT molecular complexity index is 772. The van der Waals surface area contributed by atoms with Crippen LogP contribution in [0.1, 0.15) is 30.3 Å². The Morgan fingerprint density at radius 3 is 2.68 bits per heavy atom. The second-order valence-corrected chi connectivity index (χ2v) is 6.83. The molecule has 2 aromatic rings. The fourth-order valence-corrected chi connectivity index (χ4v) is 3.18. The Morgan fingerprint density at radius 2 is 2.04 bits per heavy atom. The number of rotatable bonds is 6. The summed E-state index contributed by atoms with van der Waals surface area (Å²) >= 11 is 0. The van der Waals surface area contributed by atoms with Gasteiger partial charge in [-0.1, -0.05) is 6.07 Å². The molecule has 1 aliphatic rings. The molecule has 0 spiro atoms. The van der Waals surface area contributed by atoms with Crippen LogP contribution in [0.15, 0.2) is 47.1 Å². The Balaban J connectivity index is 0.00000280. The van der Waals surface area contributed by atoms with Gasteiger partial charge in [-0.3, -0.25) is 9.59 Å². The quantitative estimate of drug-likeness (QED) is 0.767. The second kappa shape index (κ2) is 10.1. The number of hydrogen-bond acceptors (Lipinski definition) is 5. The number of ether oxygens (including phenoxy) is 1. The van der Waals surface area contributed by atoms with E-state index in [1.54, 1.807) is 36.4 Å². The lowest BCUT2D eigenvalue weighted by molar-refractivity contribution is -0.134. The summed E-state index contributed by atoms with van der Waals surface area (Å²) in [4.78, 5) is 26.2. The number of carbonyl (C=O) groups excluding carboxylic acids is 2. The molecular formula is C20H26ClN3O4. The minimum Gasteiger partial charge on any atom is -0.484 e. The van der Waals surface area contributed by atoms with E-state index in [0.29, 0.717) is 30.4 Å². The van der Waals surface area contributed by atoms with Crippen molar-refractivity contribution in [2.24, 2.45) is 11.7 Å². The summed E-state index contributed by atoms with van der Waals surface area (Å²) in [5.41, 5.74) is 6.51. The summed E-state index contributed by atoms with van der Waals surface area (Å²) in [7, 11) is 0. The molecule has 2 amide bonds. The lowest BCUT2D eigenvalue weighted by atomic mass is 9.91. The van der Waals surface area contributed by atoms with Crippen LogP contribution in [0.2, 0.25) is 0 Å². The molecular weight excluding hydrogens is 382 g/mol. The van der Waals surface area contributed by atoms with Crippen LogP contribution in [-0.4, -0.2) is 42.5 Å². The smallest absolute Gasteiger partial charge is 0.291 e. The van der Waals surface area contributed by atoms with Gasteiger partial charge in [-0.25, -0.2) is 0 Å². The highest BCUT2D eigenvalue weighted by Gasteiger charge is 2.24. The predicted molar refractivity (Wildman–Crippen MR) is 109 cm³/mol. The van der Waals surface area contributed by atoms with Gasteiger partial charge < -0.3 is 25.1 Å². The number of nitrogens with zero attached hydrogens (tertiary/aromatic N) is 1. The molecule has 1 unspecified atom stereocenters. The number of carbonyl (C=O) groups is 2. The fraction of sp³-hybridized carbons (Fsp3) is 0.400. The number of amides is 2. The van der Waals surface area contributed by atoms with E-state index in [1.807, 2.05) is 11.8 Å². The highest BCUT2D eigenvalue weighted by atomic mass is 35.5. The lowest BCUT2D eigenvalue weighted by Gasteiger charge is -2.33. The molecule has 7 nitrogen and oxygen atoms in total. The first kappa shape index (κ1) is 21.8. The minimum atomic E-state index is -0.342. The van der Waals surface area contributed by atoms with E-state index in [1.165, 1.54) is 6.26 Å². The number of furan rings is 1. The van der Waals surface area contributed by atoms with E-state index >= 15 is 0 Å². The number of benzene rings is 1. The van der Waals surface area contributed by atoms with Crippen molar-refractivity contribution in [3.8, 4) is 5.75 Å². The monoisotopic (exact) mass is 407 g/mol. The van der Waals surface area contributed by atoms with Crippen LogP contribution < -0.4 is 15.8 Å². The maximum Gasteiger partial charge on any atom is 0.291 e. The number of halogens is 1. The van der Waals surface area contributed by atoms with Crippen LogP contribution in [0.4, 0.5) is 5.69 Å². The Kier molecular flexibility index (Phi) is 7.90. The third-order valence-corrected chi connectivity index (χ3v) is 4.84. The summed E-state index contributed by atoms with van der Waals surface area (Å²) in [5, 5.41) is 2.73. The summed E-state index contributed by atoms with van der Waals surface area (Å²) in [5.74, 6) is 0.843. The highest BCUT2D eigenvalue weighted by Crippen LogP contribution is 2.21. The van der Waals surface area contributed by atoms with Crippen LogP contribution in [0, 0.1) is 5.92 Å². The first-order chi connectivity index (χ1) is 13.0. The number of hydrogen-bond donors (Lipinski definition) is 2. The van der Waals surface area contributed by atoms with Gasteiger partial charge >= 0.3 is 0 Å². The normalized spacial score (nSPS) is 15.4. The van der Waals surface area contributed by atoms with Crippen molar-refractivity contribution in [1.29, 1.82) is 0 Å². The Morgan fingerprint density at radius 1 is 1.29 bits per heavy atom. The molecule has 1 aliphatic heterocycles. The van der Waals surface area contributed by atoms with Crippen LogP contribution >= 0.6 is 12.4 Å². The molecule has 8 heteroatoms. The first-order valence-corrected chi connectivity index (χ1v) is 9.14. The van der Waals surface area contributed by atoms with Crippen molar-refractivity contribution in [1.82, 2.24) is 4.90 Å². The third-order valence-electron chi connectivity index (χ3n) is 4.84. The molecule has 0 radical (unpaired) electrons. The SMILES string of the molecule is CC(N)C1CCN(C(=O)COc2cccc(NC(=O)c3ccco3)c2)CC1.Cl. The van der Waals surface area contributed by atoms with Gasteiger partial charge in [0.25, 0.3) is 11.8 Å². The lowest BCUT2D eigenvalue weighted by Crippen LogP contribution is -2.44. The standard InChI is InChI=1S/C20H25N3O4.ClH/c1-14(21)15-7-9-23(10-8-15)19(24)13-27-17-5-2-4-16(12-17)22-20(25)18-6-3-11-26-18;/h2-6,11-12,14-15H,7-10,13,21H2,1H3,(H,22,25);1H. The largest absolute Gasteiger partial charge is 0.484 e. The van der Waals surface area contributed by atoms with Gasteiger partial charge in [-0.2, -0.15) is 0 Å². The number of nitrogens with one attached hydrogen (secondary N) is 1. The van der Waals surface area contributed by atoms with Gasteiger partial charge in [-0.05, 0) is 49.9 Å². The molecule has 0 saturated carbocycles. The molecule has 2 heterocycles. The van der Waals surface area contributed by atoms with Crippen molar-refractivity contribution >= 4 is 29.9 Å². The molecule has 0 aliphatic carbocycles. The molecule has 1 aromatic heterocycles. The van der Waals surface area contributed by atoms with Crippen LogP contribution in [0.25, 0.3) is 0 Å². The van der Waals surface area contributed by atoms with Crippen LogP contribution in [-0.2, 0) is 4.79 Å². The molecule has 3 N–H and O–H groups in total. The average molecular weight is 408 g/mol. The van der Waals surface area contributed by atoms with Crippen molar-refractivity contribution in [3.63, 3.8) is 0 Å². The maximum absolute atomic E-state index is 12.4. The fourth-order valence-electron chi connectivity index (χ4n) is 3.18. The van der Waals surface area contributed by atoms with E-state index in [0.717, 1.165) is 12.8 Å². The molecule has 1 fully saturated rings. The van der Waals surface area contributed by atoms with E-state index in [9.17, 15) is 9.59 Å². The Labute approximate surface area is 170 Å². The molecule has 1 atom stereocenters. The van der Waals surface area contributed by atoms with E-state index in [-0.39, 0.29) is 42.6 Å². The zero-order valence-electron chi connectivity index (χ0n) is 15.8. The highest BCUT2D eigenvalue weighted by molar-refractivity contribution is 6.02. The second-order valence-electron chi connectivity index (χ2n) is 6.83. The first-order valence-electron chi connectivity index (χ1n) is 9.14. The van der Waals surface area contributed by atoms with Gasteiger partial charge in [0.05, 0.1) is 6.26 Å². The molecule has 3 rings (SSSR count). The summed E-state index contributed by atoms with van der Waals surface area (Å²) in [6.07, 6.45) is 3.30. The zero-order chi connectivity index (χ0) is 19.2. The van der Waals surface area contributed by atoms with E-state index < -0.39 is 0 Å². The molecule has 0 bridgehead atoms. The van der Waals surface area contributed by atoms with Crippen LogP contribution in [0.3, 0.4) is 0 Å². The minimum absolute atomic E-state index is 0.